The smallest absolute Gasteiger partial charge is 0.121 e. The van der Waals surface area contributed by atoms with E-state index in [1.807, 2.05) is 13.8 Å². The number of aliphatic hydroxyl groups excluding tert-OH is 2. The normalized spacial score (nSPS) is 40.1. The van der Waals surface area contributed by atoms with E-state index in [1.165, 1.54) is 0 Å². The monoisotopic (exact) mass is 455 g/mol. The first-order chi connectivity index (χ1) is 13.4. The molecule has 2 heterocycles. The Kier molecular flexibility index (Phi) is 9.50. The van der Waals surface area contributed by atoms with E-state index in [2.05, 4.69) is 13.8 Å². The zero-order valence-corrected chi connectivity index (χ0v) is 19.8. The summed E-state index contributed by atoms with van der Waals surface area (Å²) in [5, 5.41) is 20.7. The summed E-state index contributed by atoms with van der Waals surface area (Å²) in [7, 11) is 0. The molecule has 2 N–H and O–H groups in total. The van der Waals surface area contributed by atoms with E-state index in [9.17, 15) is 15.1 Å². The Balaban J connectivity index is 1.96. The van der Waals surface area contributed by atoms with Gasteiger partial charge in [0.2, 0.25) is 0 Å². The highest BCUT2D eigenvalue weighted by molar-refractivity contribution is 8.06. The SMILES string of the molecule is CC(C)CC1[C@@H](COP([O-])(=S)OC2[C@@H](COC(C)C)O[C@@H](C)[C@H]2O)O[C@@H](C)[C@H]1O. The number of ether oxygens (including phenoxy) is 3. The van der Waals surface area contributed by atoms with Crippen LogP contribution in [-0.2, 0) is 35.1 Å². The molecule has 0 spiro atoms. The fourth-order valence-electron chi connectivity index (χ4n) is 3.84. The van der Waals surface area contributed by atoms with Crippen LogP contribution in [0.1, 0.15) is 48.0 Å². The van der Waals surface area contributed by atoms with Crippen LogP contribution in [0.5, 0.6) is 0 Å². The van der Waals surface area contributed by atoms with E-state index in [-0.39, 0.29) is 31.3 Å². The molecule has 29 heavy (non-hydrogen) atoms. The first-order valence-corrected chi connectivity index (χ1v) is 12.9. The molecule has 2 rings (SSSR count). The zero-order valence-electron chi connectivity index (χ0n) is 18.1. The van der Waals surface area contributed by atoms with Crippen LogP contribution in [-0.4, -0.2) is 72.3 Å². The Labute approximate surface area is 179 Å². The van der Waals surface area contributed by atoms with Crippen LogP contribution >= 0.6 is 6.72 Å². The van der Waals surface area contributed by atoms with Gasteiger partial charge < -0.3 is 38.4 Å². The van der Waals surface area contributed by atoms with E-state index < -0.39 is 43.3 Å². The van der Waals surface area contributed by atoms with Crippen molar-refractivity contribution in [3.8, 4) is 0 Å². The standard InChI is InChI=1S/C19H37O8PS/c1-10(2)7-14-15(25-12(5)17(14)20)9-24-28(22,29)27-19-16(8-23-11(3)4)26-13(6)18(19)21/h10-21H,7-9H2,1-6H3,(H,22,29)/p-1/t12-,13-,14?,15+,16+,17+,18+,19?,28?/m0/s1. The van der Waals surface area contributed by atoms with Gasteiger partial charge in [-0.2, -0.15) is 0 Å². The lowest BCUT2D eigenvalue weighted by Crippen LogP contribution is -2.38. The van der Waals surface area contributed by atoms with Gasteiger partial charge in [-0.25, -0.2) is 0 Å². The number of rotatable bonds is 10. The molecule has 10 heteroatoms. The second-order valence-electron chi connectivity index (χ2n) is 8.73. The van der Waals surface area contributed by atoms with Gasteiger partial charge in [0.1, 0.15) is 25.0 Å². The van der Waals surface area contributed by atoms with E-state index >= 15 is 0 Å². The quantitative estimate of drug-likeness (QED) is 0.472. The predicted molar refractivity (Wildman–Crippen MR) is 110 cm³/mol. The van der Waals surface area contributed by atoms with Gasteiger partial charge in [-0.15, -0.1) is 0 Å². The Morgan fingerprint density at radius 1 is 1.00 bits per heavy atom. The Bertz CT molecular complexity index is 562. The van der Waals surface area contributed by atoms with Gasteiger partial charge in [0.25, 0.3) is 0 Å². The minimum absolute atomic E-state index is 0.0234. The zero-order chi connectivity index (χ0) is 21.9. The van der Waals surface area contributed by atoms with Gasteiger partial charge in [-0.3, -0.25) is 0 Å². The van der Waals surface area contributed by atoms with Crippen molar-refractivity contribution >= 4 is 18.5 Å². The van der Waals surface area contributed by atoms with E-state index in [0.29, 0.717) is 5.92 Å². The third-order valence-electron chi connectivity index (χ3n) is 5.35. The molecule has 0 bridgehead atoms. The number of hydrogen-bond donors (Lipinski definition) is 2. The fraction of sp³-hybridized carbons (Fsp3) is 1.00. The summed E-state index contributed by atoms with van der Waals surface area (Å²) in [6, 6.07) is 0. The third-order valence-corrected chi connectivity index (χ3v) is 6.89. The molecule has 2 saturated heterocycles. The molecule has 0 aliphatic carbocycles. The molecular formula is C19H36O8PS-. The highest BCUT2D eigenvalue weighted by atomic mass is 32.5. The molecule has 0 aromatic heterocycles. The summed E-state index contributed by atoms with van der Waals surface area (Å²) in [5.41, 5.74) is 0. The lowest BCUT2D eigenvalue weighted by molar-refractivity contribution is -0.217. The van der Waals surface area contributed by atoms with Crippen molar-refractivity contribution < 1.29 is 38.4 Å². The average Bonchev–Trinajstić information content (AvgIpc) is 3.02. The summed E-state index contributed by atoms with van der Waals surface area (Å²) >= 11 is 5.07. The van der Waals surface area contributed by atoms with Gasteiger partial charge in [-0.1, -0.05) is 25.7 Å². The van der Waals surface area contributed by atoms with Crippen LogP contribution in [0.25, 0.3) is 0 Å². The molecule has 0 saturated carbocycles. The molecule has 2 aliphatic rings. The molecule has 0 aromatic rings. The molecule has 0 radical (unpaired) electrons. The topological polar surface area (TPSA) is 110 Å². The van der Waals surface area contributed by atoms with Crippen LogP contribution in [0.15, 0.2) is 0 Å². The van der Waals surface area contributed by atoms with Crippen molar-refractivity contribution in [3.63, 3.8) is 0 Å². The molecule has 2 fully saturated rings. The van der Waals surface area contributed by atoms with Crippen molar-refractivity contribution in [3.05, 3.63) is 0 Å². The number of aliphatic hydroxyl groups is 2. The molecule has 0 amide bonds. The molecule has 172 valence electrons. The van der Waals surface area contributed by atoms with E-state index in [0.717, 1.165) is 6.42 Å². The first-order valence-electron chi connectivity index (χ1n) is 10.3. The van der Waals surface area contributed by atoms with Crippen molar-refractivity contribution in [1.29, 1.82) is 0 Å². The Morgan fingerprint density at radius 3 is 2.17 bits per heavy atom. The van der Waals surface area contributed by atoms with Gasteiger partial charge in [0.15, 0.2) is 0 Å². The molecule has 0 aromatic carbocycles. The predicted octanol–water partition coefficient (Wildman–Crippen LogP) is 1.36. The van der Waals surface area contributed by atoms with Crippen LogP contribution in [0.3, 0.4) is 0 Å². The lowest BCUT2D eigenvalue weighted by atomic mass is 9.88. The first kappa shape index (κ1) is 25.6. The van der Waals surface area contributed by atoms with Crippen molar-refractivity contribution in [2.24, 2.45) is 11.8 Å². The van der Waals surface area contributed by atoms with Gasteiger partial charge in [-0.05, 0) is 40.0 Å². The summed E-state index contributed by atoms with van der Waals surface area (Å²) in [6.45, 7) is 7.63. The highest BCUT2D eigenvalue weighted by Crippen LogP contribution is 2.45. The van der Waals surface area contributed by atoms with Gasteiger partial charge >= 0.3 is 0 Å². The third kappa shape index (κ3) is 7.17. The van der Waals surface area contributed by atoms with E-state index in [4.69, 9.17) is 35.1 Å². The van der Waals surface area contributed by atoms with E-state index in [1.54, 1.807) is 13.8 Å². The fourth-order valence-corrected chi connectivity index (χ4v) is 5.27. The molecule has 9 atom stereocenters. The highest BCUT2D eigenvalue weighted by Gasteiger charge is 2.45. The minimum atomic E-state index is -3.92. The molecular weight excluding hydrogens is 419 g/mol. The van der Waals surface area contributed by atoms with Crippen molar-refractivity contribution in [1.82, 2.24) is 0 Å². The summed E-state index contributed by atoms with van der Waals surface area (Å²) in [5.74, 6) is 0.235. The maximum atomic E-state index is 12.8. The Morgan fingerprint density at radius 2 is 1.59 bits per heavy atom. The van der Waals surface area contributed by atoms with Gasteiger partial charge in [0.05, 0.1) is 43.7 Å². The van der Waals surface area contributed by atoms with Crippen LogP contribution in [0.2, 0.25) is 0 Å². The van der Waals surface area contributed by atoms with Gasteiger partial charge in [0, 0.05) is 5.92 Å². The maximum absolute atomic E-state index is 12.8. The minimum Gasteiger partial charge on any atom is -0.780 e. The summed E-state index contributed by atoms with van der Waals surface area (Å²) < 4.78 is 28.0. The maximum Gasteiger partial charge on any atom is 0.121 e. The van der Waals surface area contributed by atoms with Crippen molar-refractivity contribution in [2.45, 2.75) is 96.8 Å². The molecule has 2 aliphatic heterocycles. The molecule has 3 unspecified atom stereocenters. The van der Waals surface area contributed by atoms with Crippen LogP contribution < -0.4 is 4.89 Å². The largest absolute Gasteiger partial charge is 0.780 e. The average molecular weight is 456 g/mol. The second-order valence-corrected chi connectivity index (χ2v) is 11.4. The van der Waals surface area contributed by atoms with Crippen LogP contribution in [0.4, 0.5) is 0 Å². The van der Waals surface area contributed by atoms with Crippen LogP contribution in [0, 0.1) is 11.8 Å². The second kappa shape index (κ2) is 10.8. The lowest BCUT2D eigenvalue weighted by Gasteiger charge is -2.34. The van der Waals surface area contributed by atoms with Crippen molar-refractivity contribution in [2.75, 3.05) is 13.2 Å². The molecule has 8 nitrogen and oxygen atoms in total. The number of hydrogen-bond acceptors (Lipinski definition) is 9. The summed E-state index contributed by atoms with van der Waals surface area (Å²) in [6.07, 6.45) is -3.64. The summed E-state index contributed by atoms with van der Waals surface area (Å²) in [4.78, 5) is 12.8. The Hall–Kier alpha value is 0.330.